The molecule has 3 aromatic carbocycles. The van der Waals surface area contributed by atoms with E-state index >= 15 is 0 Å². The Kier molecular flexibility index (Phi) is 6.46. The van der Waals surface area contributed by atoms with Gasteiger partial charge >= 0.3 is 0 Å². The van der Waals surface area contributed by atoms with Gasteiger partial charge in [0.2, 0.25) is 0 Å². The second kappa shape index (κ2) is 9.89. The van der Waals surface area contributed by atoms with Gasteiger partial charge in [0.25, 0.3) is 11.1 Å². The molecule has 0 aliphatic rings. The van der Waals surface area contributed by atoms with Crippen LogP contribution in [0.2, 0.25) is 0 Å². The van der Waals surface area contributed by atoms with Gasteiger partial charge in [0.1, 0.15) is 17.0 Å². The number of benzene rings is 3. The van der Waals surface area contributed by atoms with Crippen molar-refractivity contribution < 1.29 is 9.90 Å². The Labute approximate surface area is 219 Å². The molecule has 0 aliphatic heterocycles. The van der Waals surface area contributed by atoms with Crippen LogP contribution in [0.5, 0.6) is 5.75 Å². The zero-order valence-electron chi connectivity index (χ0n) is 21.4. The number of para-hydroxylation sites is 2. The summed E-state index contributed by atoms with van der Waals surface area (Å²) in [5, 5.41) is 14.7. The summed E-state index contributed by atoms with van der Waals surface area (Å²) in [5.41, 5.74) is 1.98. The lowest BCUT2D eigenvalue weighted by molar-refractivity contribution is 0.0972. The number of aromatic nitrogens is 3. The Hall–Kier alpha value is -4.85. The van der Waals surface area contributed by atoms with E-state index in [1.54, 1.807) is 47.7 Å². The van der Waals surface area contributed by atoms with Crippen LogP contribution >= 0.6 is 0 Å². The molecule has 38 heavy (non-hydrogen) atoms. The van der Waals surface area contributed by atoms with Gasteiger partial charge in [0.15, 0.2) is 5.78 Å². The number of carbonyl (C=O) groups is 1. The van der Waals surface area contributed by atoms with E-state index in [9.17, 15) is 19.5 Å². The molecule has 0 aliphatic carbocycles. The molecule has 0 amide bonds. The van der Waals surface area contributed by atoms with Gasteiger partial charge in [-0.3, -0.25) is 19.1 Å². The largest absolute Gasteiger partial charge is 0.506 e. The van der Waals surface area contributed by atoms with E-state index in [1.165, 1.54) is 4.57 Å². The van der Waals surface area contributed by atoms with Gasteiger partial charge in [0.05, 0.1) is 22.9 Å². The first-order chi connectivity index (χ1) is 18.3. The van der Waals surface area contributed by atoms with Crippen LogP contribution < -0.4 is 16.4 Å². The maximum atomic E-state index is 13.6. The van der Waals surface area contributed by atoms with Gasteiger partial charge in [-0.15, -0.1) is 0 Å². The van der Waals surface area contributed by atoms with Crippen LogP contribution in [-0.4, -0.2) is 24.8 Å². The quantitative estimate of drug-likeness (QED) is 0.316. The highest BCUT2D eigenvalue weighted by atomic mass is 16.3. The Balaban J connectivity index is 1.57. The van der Waals surface area contributed by atoms with E-state index < -0.39 is 17.4 Å². The van der Waals surface area contributed by atoms with Crippen LogP contribution in [-0.2, 0) is 14.1 Å². The second-order valence-corrected chi connectivity index (χ2v) is 9.28. The minimum absolute atomic E-state index is 0.149. The number of rotatable bonds is 7. The predicted octanol–water partition coefficient (Wildman–Crippen LogP) is 4.47. The molecule has 192 valence electrons. The highest BCUT2D eigenvalue weighted by molar-refractivity contribution is 6.03. The Morgan fingerprint density at radius 1 is 0.868 bits per heavy atom. The molecule has 2 aromatic heterocycles. The highest BCUT2D eigenvalue weighted by Crippen LogP contribution is 2.30. The number of fused-ring (bicyclic) bond motifs is 1. The fourth-order valence-corrected chi connectivity index (χ4v) is 4.86. The van der Waals surface area contributed by atoms with Crippen molar-refractivity contribution in [1.29, 1.82) is 0 Å². The van der Waals surface area contributed by atoms with Crippen molar-refractivity contribution in [1.82, 2.24) is 13.9 Å². The second-order valence-electron chi connectivity index (χ2n) is 9.28. The number of anilines is 1. The van der Waals surface area contributed by atoms with Crippen LogP contribution in [0.15, 0.2) is 94.5 Å². The number of aryl methyl sites for hydroxylation is 1. The smallest absolute Gasteiger partial charge is 0.295 e. The molecule has 0 saturated heterocycles. The zero-order chi connectivity index (χ0) is 27.0. The first-order valence-corrected chi connectivity index (χ1v) is 12.3. The SMILES string of the molecule is Cc1c(N[C@@H](CC(=O)c2c(O)c3ccccc3n(C)c2=O)c2ccccc2)c(=O)n(-c2ccccc2)n1C. The average molecular weight is 509 g/mol. The molecule has 0 radical (unpaired) electrons. The molecule has 0 bridgehead atoms. The molecular formula is C30H28N4O4. The number of Topliss-reactive ketones (excluding diaryl/α,β-unsaturated/α-hetero) is 1. The Morgan fingerprint density at radius 3 is 2.16 bits per heavy atom. The summed E-state index contributed by atoms with van der Waals surface area (Å²) in [6.07, 6.45) is -0.149. The number of hydrogen-bond donors (Lipinski definition) is 2. The summed E-state index contributed by atoms with van der Waals surface area (Å²) in [6.45, 7) is 1.83. The normalized spacial score (nSPS) is 12.0. The number of pyridine rings is 1. The lowest BCUT2D eigenvalue weighted by atomic mass is 9.96. The van der Waals surface area contributed by atoms with Crippen LogP contribution in [0.4, 0.5) is 5.69 Å². The number of nitrogens with one attached hydrogen (secondary N) is 1. The maximum absolute atomic E-state index is 13.6. The van der Waals surface area contributed by atoms with E-state index in [-0.39, 0.29) is 23.3 Å². The van der Waals surface area contributed by atoms with Gasteiger partial charge in [-0.2, -0.15) is 0 Å². The van der Waals surface area contributed by atoms with Crippen LogP contribution in [0.1, 0.15) is 34.1 Å². The van der Waals surface area contributed by atoms with Crippen molar-refractivity contribution in [2.24, 2.45) is 14.1 Å². The molecule has 5 rings (SSSR count). The molecule has 0 spiro atoms. The summed E-state index contributed by atoms with van der Waals surface area (Å²) in [4.78, 5) is 40.3. The minimum atomic E-state index is -0.628. The zero-order valence-corrected chi connectivity index (χ0v) is 21.4. The predicted molar refractivity (Wildman–Crippen MR) is 148 cm³/mol. The van der Waals surface area contributed by atoms with E-state index in [0.29, 0.717) is 28.0 Å². The molecule has 0 fully saturated rings. The summed E-state index contributed by atoms with van der Waals surface area (Å²) < 4.78 is 4.69. The Morgan fingerprint density at radius 2 is 1.47 bits per heavy atom. The summed E-state index contributed by atoms with van der Waals surface area (Å²) in [7, 11) is 3.38. The van der Waals surface area contributed by atoms with Crippen LogP contribution in [0.25, 0.3) is 16.6 Å². The van der Waals surface area contributed by atoms with Gasteiger partial charge in [-0.05, 0) is 36.8 Å². The maximum Gasteiger partial charge on any atom is 0.295 e. The van der Waals surface area contributed by atoms with Crippen molar-refractivity contribution in [2.45, 2.75) is 19.4 Å². The van der Waals surface area contributed by atoms with Crippen molar-refractivity contribution in [2.75, 3.05) is 5.32 Å². The van der Waals surface area contributed by atoms with Crippen molar-refractivity contribution in [3.05, 3.63) is 122 Å². The summed E-state index contributed by atoms with van der Waals surface area (Å²) in [5.74, 6) is -0.852. The van der Waals surface area contributed by atoms with Crippen molar-refractivity contribution in [3.63, 3.8) is 0 Å². The molecule has 1 atom stereocenters. The topological polar surface area (TPSA) is 98.3 Å². The minimum Gasteiger partial charge on any atom is -0.506 e. The number of ketones is 1. The van der Waals surface area contributed by atoms with E-state index in [0.717, 1.165) is 5.56 Å². The third kappa shape index (κ3) is 4.20. The molecule has 8 heteroatoms. The van der Waals surface area contributed by atoms with E-state index in [1.807, 2.05) is 67.6 Å². The number of aromatic hydroxyl groups is 1. The van der Waals surface area contributed by atoms with Gasteiger partial charge in [-0.1, -0.05) is 60.7 Å². The van der Waals surface area contributed by atoms with Crippen LogP contribution in [0, 0.1) is 6.92 Å². The lowest BCUT2D eigenvalue weighted by Gasteiger charge is -2.20. The molecule has 0 unspecified atom stereocenters. The summed E-state index contributed by atoms with van der Waals surface area (Å²) in [6, 6.07) is 24.8. The molecule has 8 nitrogen and oxygen atoms in total. The Bertz CT molecular complexity index is 1770. The highest BCUT2D eigenvalue weighted by Gasteiger charge is 2.27. The lowest BCUT2D eigenvalue weighted by Crippen LogP contribution is -2.27. The number of carbonyl (C=O) groups excluding carboxylic acids is 1. The van der Waals surface area contributed by atoms with Crippen molar-refractivity contribution >= 4 is 22.4 Å². The molecule has 2 heterocycles. The molecule has 2 N–H and O–H groups in total. The monoisotopic (exact) mass is 508 g/mol. The molecular weight excluding hydrogens is 480 g/mol. The third-order valence-corrected chi connectivity index (χ3v) is 7.02. The fourth-order valence-electron chi connectivity index (χ4n) is 4.86. The first kappa shape index (κ1) is 24.8. The van der Waals surface area contributed by atoms with Crippen molar-refractivity contribution in [3.8, 4) is 11.4 Å². The van der Waals surface area contributed by atoms with Gasteiger partial charge in [0, 0.05) is 25.9 Å². The van der Waals surface area contributed by atoms with Crippen LogP contribution in [0.3, 0.4) is 0 Å². The third-order valence-electron chi connectivity index (χ3n) is 7.02. The van der Waals surface area contributed by atoms with E-state index in [2.05, 4.69) is 5.32 Å². The van der Waals surface area contributed by atoms with E-state index in [4.69, 9.17) is 0 Å². The number of nitrogens with zero attached hydrogens (tertiary/aromatic N) is 3. The fraction of sp³-hybridized carbons (Fsp3) is 0.167. The first-order valence-electron chi connectivity index (χ1n) is 12.3. The average Bonchev–Trinajstić information content (AvgIpc) is 3.15. The van der Waals surface area contributed by atoms with Gasteiger partial charge < -0.3 is 15.0 Å². The standard InChI is InChI=1S/C30H28N4O4/c1-19-27(30(38)34(33(19)3)21-14-8-5-9-15-21)31-23(20-12-6-4-7-13-20)18-25(35)26-28(36)22-16-10-11-17-24(22)32(2)29(26)37/h4-17,23,31,36H,18H2,1-3H3/t23-/m0/s1. The number of hydrogen-bond acceptors (Lipinski definition) is 5. The molecule has 5 aromatic rings. The molecule has 0 saturated carbocycles. The van der Waals surface area contributed by atoms with Gasteiger partial charge in [-0.25, -0.2) is 4.68 Å². The summed E-state index contributed by atoms with van der Waals surface area (Å²) >= 11 is 0.